The fourth-order valence-corrected chi connectivity index (χ4v) is 13.6. The molecule has 2 heteroatoms. The normalized spacial score (nSPS) is 12.1. The van der Waals surface area contributed by atoms with Crippen molar-refractivity contribution in [3.63, 3.8) is 0 Å². The Morgan fingerprint density at radius 1 is 0.281 bits per heavy atom. The van der Waals surface area contributed by atoms with Crippen LogP contribution in [0, 0.1) is 0 Å². The van der Waals surface area contributed by atoms with Gasteiger partial charge in [0.15, 0.2) is 0 Å². The van der Waals surface area contributed by atoms with Gasteiger partial charge in [0.1, 0.15) is 0 Å². The molecule has 12 aromatic carbocycles. The van der Waals surface area contributed by atoms with Crippen molar-refractivity contribution in [2.75, 3.05) is 0 Å². The van der Waals surface area contributed by atoms with Gasteiger partial charge in [0.25, 0.3) is 0 Å². The summed E-state index contributed by atoms with van der Waals surface area (Å²) < 4.78 is 9.36. The molecule has 14 rings (SSSR count). The van der Waals surface area contributed by atoms with Gasteiger partial charge in [-0.1, -0.05) is 24.3 Å². The van der Waals surface area contributed by atoms with Crippen molar-refractivity contribution < 1.29 is 4.42 Å². The summed E-state index contributed by atoms with van der Waals surface area (Å²) in [4.78, 5) is 0. The summed E-state index contributed by atoms with van der Waals surface area (Å²) >= 11 is 0.0872. The minimum atomic E-state index is 0.0872. The van der Waals surface area contributed by atoms with Crippen molar-refractivity contribution in [3.05, 3.63) is 218 Å². The van der Waals surface area contributed by atoms with Crippen LogP contribution in [0.1, 0.15) is 0 Å². The standard InChI is InChI=1S/C62H36OSe/c1-2-17-38(18-3-1)56-41-20-6-10-24-45(41)58(46-25-11-7-21-42(46)56)49-28-15-31-55-61(49)51-30-14-29-50(62(51)64-55)59-47-26-12-8-22-43(47)57(44-23-9-13-27-48(44)59)39-33-34-53-52(36-39)60-40-19-5-4-16-37(40)32-35-54(60)63-53/h1-36H. The average molecular weight is 876 g/mol. The molecule has 0 fully saturated rings. The third-order valence-corrected chi connectivity index (χ3v) is 16.2. The van der Waals surface area contributed by atoms with Gasteiger partial charge in [0.05, 0.1) is 0 Å². The molecular weight excluding hydrogens is 840 g/mol. The molecule has 0 amide bonds. The van der Waals surface area contributed by atoms with Gasteiger partial charge in [-0.2, -0.15) is 0 Å². The van der Waals surface area contributed by atoms with E-state index < -0.39 is 0 Å². The molecule has 2 aromatic heterocycles. The predicted molar refractivity (Wildman–Crippen MR) is 275 cm³/mol. The van der Waals surface area contributed by atoms with E-state index in [1.165, 1.54) is 123 Å². The SMILES string of the molecule is c1ccc(-c2c3ccccc3c(-c3cccc4[se]c5c(-c6c7ccccc7c(-c7ccc8oc9ccc%10ccccc%10c9c8c7)c7ccccc67)cccc5c34)c3ccccc23)cc1. The van der Waals surface area contributed by atoms with Crippen molar-refractivity contribution >= 4 is 110 Å². The fraction of sp³-hybridized carbons (Fsp3) is 0. The Balaban J connectivity index is 1.03. The Labute approximate surface area is 374 Å². The summed E-state index contributed by atoms with van der Waals surface area (Å²) in [5.41, 5.74) is 12.1. The second-order valence-corrected chi connectivity index (χ2v) is 19.2. The first kappa shape index (κ1) is 35.8. The first-order chi connectivity index (χ1) is 31.8. The number of fused-ring (bicyclic) bond motifs is 12. The van der Waals surface area contributed by atoms with E-state index in [-0.39, 0.29) is 14.5 Å². The first-order valence-electron chi connectivity index (χ1n) is 22.0. The molecule has 64 heavy (non-hydrogen) atoms. The first-order valence-corrected chi connectivity index (χ1v) is 23.7. The van der Waals surface area contributed by atoms with Crippen LogP contribution in [0.3, 0.4) is 0 Å². The van der Waals surface area contributed by atoms with Crippen molar-refractivity contribution in [2.45, 2.75) is 0 Å². The zero-order chi connectivity index (χ0) is 41.9. The van der Waals surface area contributed by atoms with Crippen LogP contribution >= 0.6 is 0 Å². The summed E-state index contributed by atoms with van der Waals surface area (Å²) in [7, 11) is 0. The molecule has 0 bridgehead atoms. The van der Waals surface area contributed by atoms with Gasteiger partial charge in [0, 0.05) is 0 Å². The molecule has 0 unspecified atom stereocenters. The summed E-state index contributed by atoms with van der Waals surface area (Å²) in [5.74, 6) is 0. The van der Waals surface area contributed by atoms with E-state index in [9.17, 15) is 0 Å². The van der Waals surface area contributed by atoms with E-state index in [0.717, 1.165) is 16.6 Å². The van der Waals surface area contributed by atoms with Gasteiger partial charge in [-0.05, 0) is 0 Å². The van der Waals surface area contributed by atoms with Gasteiger partial charge in [-0.15, -0.1) is 0 Å². The average Bonchev–Trinajstić information content (AvgIpc) is 3.94. The van der Waals surface area contributed by atoms with Crippen LogP contribution in [-0.2, 0) is 0 Å². The monoisotopic (exact) mass is 876 g/mol. The molecular formula is C62H36OSe. The van der Waals surface area contributed by atoms with E-state index in [1.807, 2.05) is 0 Å². The Morgan fingerprint density at radius 3 is 1.41 bits per heavy atom. The van der Waals surface area contributed by atoms with Crippen molar-refractivity contribution in [1.82, 2.24) is 0 Å². The van der Waals surface area contributed by atoms with Gasteiger partial charge in [0.2, 0.25) is 0 Å². The fourth-order valence-electron chi connectivity index (χ4n) is 11.0. The molecule has 296 valence electrons. The molecule has 0 radical (unpaired) electrons. The third-order valence-electron chi connectivity index (χ3n) is 13.6. The van der Waals surface area contributed by atoms with Crippen LogP contribution in [0.2, 0.25) is 0 Å². The van der Waals surface area contributed by atoms with E-state index in [0.29, 0.717) is 0 Å². The molecule has 0 atom stereocenters. The molecule has 2 heterocycles. The van der Waals surface area contributed by atoms with Crippen molar-refractivity contribution in [2.24, 2.45) is 0 Å². The second kappa shape index (κ2) is 13.9. The van der Waals surface area contributed by atoms with Gasteiger partial charge in [-0.3, -0.25) is 0 Å². The van der Waals surface area contributed by atoms with Crippen LogP contribution in [0.15, 0.2) is 223 Å². The second-order valence-electron chi connectivity index (χ2n) is 17.0. The van der Waals surface area contributed by atoms with Gasteiger partial charge < -0.3 is 0 Å². The number of rotatable bonds is 4. The number of furan rings is 1. The summed E-state index contributed by atoms with van der Waals surface area (Å²) in [6.45, 7) is 0. The molecule has 0 N–H and O–H groups in total. The Kier molecular flexibility index (Phi) is 7.77. The van der Waals surface area contributed by atoms with Gasteiger partial charge in [-0.25, -0.2) is 0 Å². The molecule has 14 aromatic rings. The van der Waals surface area contributed by atoms with Crippen molar-refractivity contribution in [1.29, 1.82) is 0 Å². The molecule has 0 aliphatic heterocycles. The molecule has 0 saturated heterocycles. The summed E-state index contributed by atoms with van der Waals surface area (Å²) in [6, 6.07) is 80.9. The van der Waals surface area contributed by atoms with Crippen LogP contribution in [0.5, 0.6) is 0 Å². The Hall–Kier alpha value is -7.74. The topological polar surface area (TPSA) is 13.1 Å². The summed E-state index contributed by atoms with van der Waals surface area (Å²) in [5, 5.41) is 17.7. The number of hydrogen-bond acceptors (Lipinski definition) is 1. The maximum atomic E-state index is 6.48. The predicted octanol–water partition coefficient (Wildman–Crippen LogP) is 17.4. The molecule has 0 spiro atoms. The molecule has 0 aliphatic rings. The third kappa shape index (κ3) is 5.13. The van der Waals surface area contributed by atoms with E-state index in [2.05, 4.69) is 218 Å². The van der Waals surface area contributed by atoms with Crippen LogP contribution in [0.4, 0.5) is 0 Å². The van der Waals surface area contributed by atoms with E-state index >= 15 is 0 Å². The number of hydrogen-bond donors (Lipinski definition) is 0. The van der Waals surface area contributed by atoms with Crippen LogP contribution in [0.25, 0.3) is 140 Å². The maximum absolute atomic E-state index is 6.48. The van der Waals surface area contributed by atoms with Gasteiger partial charge >= 0.3 is 353 Å². The molecule has 0 aliphatic carbocycles. The summed E-state index contributed by atoms with van der Waals surface area (Å²) in [6.07, 6.45) is 0. The Morgan fingerprint density at radius 2 is 0.766 bits per heavy atom. The molecule has 0 saturated carbocycles. The van der Waals surface area contributed by atoms with Crippen LogP contribution in [-0.4, -0.2) is 14.5 Å². The van der Waals surface area contributed by atoms with Crippen LogP contribution < -0.4 is 0 Å². The Bertz CT molecular complexity index is 4130. The quantitative estimate of drug-likeness (QED) is 0.127. The minimum absolute atomic E-state index is 0.0872. The zero-order valence-corrected chi connectivity index (χ0v) is 36.3. The van der Waals surface area contributed by atoms with Crippen molar-refractivity contribution in [3.8, 4) is 44.5 Å². The number of benzene rings is 12. The zero-order valence-electron chi connectivity index (χ0n) is 34.6. The van der Waals surface area contributed by atoms with E-state index in [1.54, 1.807) is 0 Å². The molecule has 1 nitrogen and oxygen atoms in total. The van der Waals surface area contributed by atoms with E-state index in [4.69, 9.17) is 4.42 Å².